The zero-order chi connectivity index (χ0) is 12.8. The molecule has 1 fully saturated rings. The molecular weight excluding hydrogens is 228 g/mol. The number of ether oxygens (including phenoxy) is 1. The largest absolute Gasteiger partial charge is 0.378 e. The monoisotopic (exact) mass is 252 g/mol. The van der Waals surface area contributed by atoms with Crippen LogP contribution in [0.15, 0.2) is 12.5 Å². The fourth-order valence-corrected chi connectivity index (χ4v) is 2.33. The molecule has 1 aromatic heterocycles. The Labute approximate surface area is 109 Å². The number of hydrogen-bond donors (Lipinski definition) is 1. The summed E-state index contributed by atoms with van der Waals surface area (Å²) in [6.45, 7) is 4.74. The molecule has 0 unspecified atom stereocenters. The van der Waals surface area contributed by atoms with E-state index < -0.39 is 0 Å². The van der Waals surface area contributed by atoms with Crippen molar-refractivity contribution in [1.29, 1.82) is 0 Å². The molecule has 0 aromatic carbocycles. The Bertz CT molecular complexity index is 345. The van der Waals surface area contributed by atoms with Gasteiger partial charge in [0.25, 0.3) is 0 Å². The lowest BCUT2D eigenvalue weighted by atomic mass is 10.1. The first kappa shape index (κ1) is 13.5. The van der Waals surface area contributed by atoms with E-state index >= 15 is 0 Å². The number of nitrogens with two attached hydrogens (primary N) is 1. The predicted molar refractivity (Wildman–Crippen MR) is 71.1 cm³/mol. The summed E-state index contributed by atoms with van der Waals surface area (Å²) in [6, 6.07) is 0. The Morgan fingerprint density at radius 3 is 2.83 bits per heavy atom. The zero-order valence-corrected chi connectivity index (χ0v) is 11.2. The van der Waals surface area contributed by atoms with Gasteiger partial charge in [-0.15, -0.1) is 0 Å². The maximum atomic E-state index is 5.81. The fraction of sp³-hybridized carbons (Fsp3) is 0.769. The second-order valence-corrected chi connectivity index (χ2v) is 4.98. The van der Waals surface area contributed by atoms with Crippen molar-refractivity contribution in [3.8, 4) is 0 Å². The average Bonchev–Trinajstić information content (AvgIpc) is 2.78. The highest BCUT2D eigenvalue weighted by Gasteiger charge is 2.20. The van der Waals surface area contributed by atoms with E-state index in [0.717, 1.165) is 52.0 Å². The highest BCUT2D eigenvalue weighted by atomic mass is 16.5. The summed E-state index contributed by atoms with van der Waals surface area (Å²) < 4.78 is 7.89. The molecule has 1 aliphatic rings. The van der Waals surface area contributed by atoms with Gasteiger partial charge in [0, 0.05) is 39.5 Å². The molecule has 0 amide bonds. The molecule has 1 saturated heterocycles. The first-order chi connectivity index (χ1) is 8.79. The highest BCUT2D eigenvalue weighted by molar-refractivity contribution is 4.97. The molecule has 0 saturated carbocycles. The molecular formula is C13H24N4O. The van der Waals surface area contributed by atoms with Crippen molar-refractivity contribution < 1.29 is 4.74 Å². The summed E-state index contributed by atoms with van der Waals surface area (Å²) in [5.41, 5.74) is 6.74. The van der Waals surface area contributed by atoms with Gasteiger partial charge in [-0.05, 0) is 25.8 Å². The topological polar surface area (TPSA) is 56.3 Å². The number of likely N-dealkylation sites (tertiary alicyclic amines) is 1. The van der Waals surface area contributed by atoms with E-state index in [1.54, 1.807) is 0 Å². The van der Waals surface area contributed by atoms with Gasteiger partial charge in [-0.1, -0.05) is 0 Å². The van der Waals surface area contributed by atoms with E-state index in [-0.39, 0.29) is 0 Å². The van der Waals surface area contributed by atoms with Crippen molar-refractivity contribution in [2.45, 2.75) is 31.9 Å². The molecule has 0 radical (unpaired) electrons. The Morgan fingerprint density at radius 1 is 1.44 bits per heavy atom. The molecule has 5 nitrogen and oxygen atoms in total. The van der Waals surface area contributed by atoms with Crippen LogP contribution in [0.25, 0.3) is 0 Å². The smallest absolute Gasteiger partial charge is 0.0945 e. The maximum absolute atomic E-state index is 5.81. The molecule has 2 heterocycles. The van der Waals surface area contributed by atoms with Gasteiger partial charge in [-0.3, -0.25) is 4.90 Å². The molecule has 1 aliphatic heterocycles. The number of nitrogens with zero attached hydrogens (tertiary/aromatic N) is 3. The number of aromatic nitrogens is 2. The number of rotatable bonds is 6. The van der Waals surface area contributed by atoms with Crippen molar-refractivity contribution in [1.82, 2.24) is 14.5 Å². The van der Waals surface area contributed by atoms with Gasteiger partial charge >= 0.3 is 0 Å². The third-order valence-electron chi connectivity index (χ3n) is 3.54. The first-order valence-electron chi connectivity index (χ1n) is 6.79. The molecule has 5 heteroatoms. The Kier molecular flexibility index (Phi) is 5.16. The normalized spacial score (nSPS) is 18.3. The Morgan fingerprint density at radius 2 is 2.22 bits per heavy atom. The van der Waals surface area contributed by atoms with Gasteiger partial charge in [-0.2, -0.15) is 0 Å². The number of piperidine rings is 1. The molecule has 1 aromatic rings. The van der Waals surface area contributed by atoms with Crippen molar-refractivity contribution in [3.63, 3.8) is 0 Å². The van der Waals surface area contributed by atoms with Gasteiger partial charge < -0.3 is 15.0 Å². The Hall–Kier alpha value is -0.910. The summed E-state index contributed by atoms with van der Waals surface area (Å²) in [6.07, 6.45) is 7.46. The average molecular weight is 252 g/mol. The number of aryl methyl sites for hydroxylation is 1. The van der Waals surface area contributed by atoms with Gasteiger partial charge in [0.2, 0.25) is 0 Å². The van der Waals surface area contributed by atoms with E-state index in [1.807, 2.05) is 19.6 Å². The van der Waals surface area contributed by atoms with Crippen LogP contribution in [0.1, 0.15) is 25.0 Å². The van der Waals surface area contributed by atoms with E-state index in [2.05, 4.69) is 14.5 Å². The minimum atomic E-state index is 0.430. The minimum Gasteiger partial charge on any atom is -0.378 e. The number of hydrogen-bond acceptors (Lipinski definition) is 4. The van der Waals surface area contributed by atoms with Crippen LogP contribution in [0.4, 0.5) is 0 Å². The molecule has 0 aliphatic carbocycles. The quantitative estimate of drug-likeness (QED) is 0.759. The fourth-order valence-electron chi connectivity index (χ4n) is 2.33. The third-order valence-corrected chi connectivity index (χ3v) is 3.54. The van der Waals surface area contributed by atoms with Crippen LogP contribution < -0.4 is 5.73 Å². The van der Waals surface area contributed by atoms with Crippen molar-refractivity contribution in [2.75, 3.05) is 26.2 Å². The van der Waals surface area contributed by atoms with Crippen LogP contribution in [0, 0.1) is 0 Å². The van der Waals surface area contributed by atoms with Crippen LogP contribution in [-0.4, -0.2) is 46.8 Å². The second kappa shape index (κ2) is 6.87. The van der Waals surface area contributed by atoms with Crippen LogP contribution >= 0.6 is 0 Å². The van der Waals surface area contributed by atoms with Crippen LogP contribution in [0.2, 0.25) is 0 Å². The van der Waals surface area contributed by atoms with Crippen LogP contribution in [-0.2, 0) is 18.3 Å². The van der Waals surface area contributed by atoms with Gasteiger partial charge in [-0.25, -0.2) is 4.98 Å². The second-order valence-electron chi connectivity index (χ2n) is 4.98. The van der Waals surface area contributed by atoms with E-state index in [0.29, 0.717) is 6.10 Å². The lowest BCUT2D eigenvalue weighted by Gasteiger charge is -2.31. The molecule has 0 atom stereocenters. The SMILES string of the molecule is Cn1cncc1CN1CCC(OCCCN)CC1. The van der Waals surface area contributed by atoms with Crippen molar-refractivity contribution >= 4 is 0 Å². The number of imidazole rings is 1. The molecule has 2 N–H and O–H groups in total. The van der Waals surface area contributed by atoms with Crippen molar-refractivity contribution in [2.24, 2.45) is 12.8 Å². The van der Waals surface area contributed by atoms with Gasteiger partial charge in [0.15, 0.2) is 0 Å². The van der Waals surface area contributed by atoms with E-state index in [4.69, 9.17) is 10.5 Å². The summed E-state index contributed by atoms with van der Waals surface area (Å²) in [5.74, 6) is 0. The predicted octanol–water partition coefficient (Wildman–Crippen LogP) is 0.750. The van der Waals surface area contributed by atoms with Crippen molar-refractivity contribution in [3.05, 3.63) is 18.2 Å². The lowest BCUT2D eigenvalue weighted by Crippen LogP contribution is -2.37. The van der Waals surface area contributed by atoms with Crippen LogP contribution in [0.5, 0.6) is 0 Å². The lowest BCUT2D eigenvalue weighted by molar-refractivity contribution is 0.00526. The summed E-state index contributed by atoms with van der Waals surface area (Å²) in [4.78, 5) is 6.62. The molecule has 2 rings (SSSR count). The van der Waals surface area contributed by atoms with E-state index in [1.165, 1.54) is 5.69 Å². The van der Waals surface area contributed by atoms with Crippen LogP contribution in [0.3, 0.4) is 0 Å². The summed E-state index contributed by atoms with van der Waals surface area (Å²) in [5, 5.41) is 0. The van der Waals surface area contributed by atoms with Gasteiger partial charge in [0.1, 0.15) is 0 Å². The molecule has 0 bridgehead atoms. The standard InChI is InChI=1S/C13H24N4O/c1-16-11-15-9-12(16)10-17-6-3-13(4-7-17)18-8-2-5-14/h9,11,13H,2-8,10,14H2,1H3. The zero-order valence-electron chi connectivity index (χ0n) is 11.2. The third kappa shape index (κ3) is 3.80. The minimum absolute atomic E-state index is 0.430. The summed E-state index contributed by atoms with van der Waals surface area (Å²) >= 11 is 0. The maximum Gasteiger partial charge on any atom is 0.0945 e. The summed E-state index contributed by atoms with van der Waals surface area (Å²) in [7, 11) is 2.05. The highest BCUT2D eigenvalue weighted by Crippen LogP contribution is 2.16. The van der Waals surface area contributed by atoms with E-state index in [9.17, 15) is 0 Å². The molecule has 18 heavy (non-hydrogen) atoms. The van der Waals surface area contributed by atoms with Gasteiger partial charge in [0.05, 0.1) is 18.1 Å². The molecule has 0 spiro atoms. The molecule has 102 valence electrons. The first-order valence-corrected chi connectivity index (χ1v) is 6.79. The Balaban J connectivity index is 1.69.